The summed E-state index contributed by atoms with van der Waals surface area (Å²) in [7, 11) is 1.73. The second kappa shape index (κ2) is 10.6. The number of ether oxygens (including phenoxy) is 3. The van der Waals surface area contributed by atoms with Crippen LogP contribution in [0.15, 0.2) is 18.2 Å². The highest BCUT2D eigenvalue weighted by atomic mass is 127. The summed E-state index contributed by atoms with van der Waals surface area (Å²) in [5.74, 6) is 0.441. The molecule has 0 aliphatic heterocycles. The van der Waals surface area contributed by atoms with Crippen molar-refractivity contribution in [3.63, 3.8) is 0 Å². The molecule has 0 aliphatic rings. The summed E-state index contributed by atoms with van der Waals surface area (Å²) in [6.07, 6.45) is 0. The van der Waals surface area contributed by atoms with Gasteiger partial charge in [-0.15, -0.1) is 0 Å². The lowest BCUT2D eigenvalue weighted by molar-refractivity contribution is -0.384. The number of hydrogen-bond donors (Lipinski definition) is 1. The first-order chi connectivity index (χ1) is 10.2. The number of nitro benzene ring substituents is 1. The molecule has 0 fully saturated rings. The van der Waals surface area contributed by atoms with Gasteiger partial charge in [-0.05, 0) is 6.07 Å². The molecule has 0 aromatic heterocycles. The molecule has 0 heterocycles. The fourth-order valence-electron chi connectivity index (χ4n) is 1.54. The van der Waals surface area contributed by atoms with Gasteiger partial charge in [-0.25, -0.2) is 0 Å². The number of non-ortho nitro benzene ring substituents is 1. The van der Waals surface area contributed by atoms with Gasteiger partial charge in [0.2, 0.25) is 0 Å². The molecule has 7 nitrogen and oxygen atoms in total. The molecular formula is C13H19IN2O5. The molecule has 0 saturated heterocycles. The highest BCUT2D eigenvalue weighted by Gasteiger charge is 2.11. The van der Waals surface area contributed by atoms with Crippen molar-refractivity contribution < 1.29 is 19.1 Å². The Kier molecular flexibility index (Phi) is 9.02. The minimum absolute atomic E-state index is 0.00267. The normalized spacial score (nSPS) is 10.4. The van der Waals surface area contributed by atoms with E-state index in [1.165, 1.54) is 12.1 Å². The van der Waals surface area contributed by atoms with Crippen LogP contribution in [0.1, 0.15) is 0 Å². The first-order valence-corrected chi connectivity index (χ1v) is 8.02. The fourth-order valence-corrected chi connectivity index (χ4v) is 1.85. The number of rotatable bonds is 11. The number of nitro groups is 1. The summed E-state index contributed by atoms with van der Waals surface area (Å²) in [6.45, 7) is 2.51. The Morgan fingerprint density at radius 1 is 1.19 bits per heavy atom. The Hall–Kier alpha value is -1.13. The lowest BCUT2D eigenvalue weighted by Crippen LogP contribution is -2.12. The zero-order valence-electron chi connectivity index (χ0n) is 11.8. The zero-order valence-corrected chi connectivity index (χ0v) is 14.0. The van der Waals surface area contributed by atoms with Crippen LogP contribution in [-0.4, -0.2) is 49.4 Å². The molecule has 118 valence electrons. The number of alkyl halides is 1. The van der Waals surface area contributed by atoms with Gasteiger partial charge < -0.3 is 19.5 Å². The van der Waals surface area contributed by atoms with Gasteiger partial charge in [0.05, 0.1) is 43.1 Å². The maximum absolute atomic E-state index is 10.7. The average Bonchev–Trinajstić information content (AvgIpc) is 2.49. The lowest BCUT2D eigenvalue weighted by atomic mass is 10.2. The summed E-state index contributed by atoms with van der Waals surface area (Å²) in [4.78, 5) is 10.3. The molecule has 0 unspecified atom stereocenters. The van der Waals surface area contributed by atoms with Crippen LogP contribution in [0.25, 0.3) is 0 Å². The van der Waals surface area contributed by atoms with Gasteiger partial charge in [0.25, 0.3) is 5.69 Å². The summed E-state index contributed by atoms with van der Waals surface area (Å²) in [5.41, 5.74) is 0.697. The third-order valence-electron chi connectivity index (χ3n) is 2.52. The van der Waals surface area contributed by atoms with E-state index in [1.807, 2.05) is 0 Å². The molecule has 0 bridgehead atoms. The molecule has 1 rings (SSSR count). The number of nitrogens with zero attached hydrogens (tertiary/aromatic N) is 1. The van der Waals surface area contributed by atoms with Gasteiger partial charge in [0, 0.05) is 17.5 Å². The van der Waals surface area contributed by atoms with Crippen molar-refractivity contribution >= 4 is 34.0 Å². The quantitative estimate of drug-likeness (QED) is 0.199. The van der Waals surface area contributed by atoms with Crippen molar-refractivity contribution in [1.82, 2.24) is 0 Å². The molecule has 1 aromatic rings. The largest absolute Gasteiger partial charge is 0.489 e. The van der Waals surface area contributed by atoms with E-state index >= 15 is 0 Å². The average molecular weight is 410 g/mol. The van der Waals surface area contributed by atoms with E-state index in [9.17, 15) is 10.1 Å². The highest BCUT2D eigenvalue weighted by Crippen LogP contribution is 2.28. The maximum atomic E-state index is 10.7. The minimum Gasteiger partial charge on any atom is -0.489 e. The Balaban J connectivity index is 2.33. The third kappa shape index (κ3) is 6.91. The summed E-state index contributed by atoms with van der Waals surface area (Å²) >= 11 is 2.24. The monoisotopic (exact) mass is 410 g/mol. The van der Waals surface area contributed by atoms with Crippen LogP contribution in [0.5, 0.6) is 5.75 Å². The van der Waals surface area contributed by atoms with E-state index in [0.717, 1.165) is 11.0 Å². The SMILES string of the molecule is CNc1ccc([N+](=O)[O-])cc1OCCOCCOCCI. The summed E-state index contributed by atoms with van der Waals surface area (Å²) < 4.78 is 17.1. The van der Waals surface area contributed by atoms with Crippen LogP contribution in [0.4, 0.5) is 11.4 Å². The van der Waals surface area contributed by atoms with Crippen molar-refractivity contribution in [1.29, 1.82) is 0 Å². The molecule has 0 spiro atoms. The van der Waals surface area contributed by atoms with Crippen molar-refractivity contribution in [3.05, 3.63) is 28.3 Å². The number of hydrogen-bond acceptors (Lipinski definition) is 6. The first-order valence-electron chi connectivity index (χ1n) is 6.49. The van der Waals surface area contributed by atoms with Crippen molar-refractivity contribution in [2.24, 2.45) is 0 Å². The Bertz CT molecular complexity index is 445. The molecule has 0 saturated carbocycles. The lowest BCUT2D eigenvalue weighted by Gasteiger charge is -2.11. The molecule has 1 N–H and O–H groups in total. The van der Waals surface area contributed by atoms with Crippen LogP contribution in [0.2, 0.25) is 0 Å². The number of halogens is 1. The molecule has 0 aliphatic carbocycles. The van der Waals surface area contributed by atoms with Crippen LogP contribution in [-0.2, 0) is 9.47 Å². The number of nitrogens with one attached hydrogen (secondary N) is 1. The molecular weight excluding hydrogens is 391 g/mol. The molecule has 1 aromatic carbocycles. The molecule has 0 atom stereocenters. The number of benzene rings is 1. The Labute approximate surface area is 137 Å². The van der Waals surface area contributed by atoms with Crippen molar-refractivity contribution in [2.75, 3.05) is 49.8 Å². The van der Waals surface area contributed by atoms with Crippen LogP contribution >= 0.6 is 22.6 Å². The van der Waals surface area contributed by atoms with E-state index < -0.39 is 4.92 Å². The highest BCUT2D eigenvalue weighted by molar-refractivity contribution is 14.1. The van der Waals surface area contributed by atoms with Gasteiger partial charge in [-0.1, -0.05) is 22.6 Å². The second-order valence-electron chi connectivity index (χ2n) is 3.95. The van der Waals surface area contributed by atoms with Gasteiger partial charge in [0.15, 0.2) is 0 Å². The minimum atomic E-state index is -0.451. The Morgan fingerprint density at radius 3 is 2.48 bits per heavy atom. The Morgan fingerprint density at radius 2 is 1.86 bits per heavy atom. The van der Waals surface area contributed by atoms with Crippen molar-refractivity contribution in [2.45, 2.75) is 0 Å². The predicted octanol–water partition coefficient (Wildman–Crippen LogP) is 2.48. The van der Waals surface area contributed by atoms with Crippen molar-refractivity contribution in [3.8, 4) is 5.75 Å². The smallest absolute Gasteiger partial charge is 0.273 e. The van der Waals surface area contributed by atoms with Gasteiger partial charge in [0.1, 0.15) is 12.4 Å². The van der Waals surface area contributed by atoms with E-state index in [2.05, 4.69) is 27.9 Å². The topological polar surface area (TPSA) is 82.9 Å². The molecule has 21 heavy (non-hydrogen) atoms. The predicted molar refractivity (Wildman–Crippen MR) is 88.7 cm³/mol. The van der Waals surface area contributed by atoms with Crippen LogP contribution in [0.3, 0.4) is 0 Å². The number of anilines is 1. The molecule has 0 amide bonds. The van der Waals surface area contributed by atoms with Gasteiger partial charge in [-0.2, -0.15) is 0 Å². The standard InChI is InChI=1S/C13H19IN2O5/c1-15-12-3-2-11(16(17)18)10-13(12)21-9-8-20-7-6-19-5-4-14/h2-3,10,15H,4-9H2,1H3. The molecule has 8 heteroatoms. The second-order valence-corrected chi connectivity index (χ2v) is 5.03. The van der Waals surface area contributed by atoms with E-state index in [0.29, 0.717) is 37.9 Å². The summed E-state index contributed by atoms with van der Waals surface area (Å²) in [6, 6.07) is 4.45. The first kappa shape index (κ1) is 17.9. The maximum Gasteiger partial charge on any atom is 0.273 e. The third-order valence-corrected chi connectivity index (χ3v) is 2.96. The van der Waals surface area contributed by atoms with Gasteiger partial charge in [-0.3, -0.25) is 10.1 Å². The molecule has 0 radical (unpaired) electrons. The van der Waals surface area contributed by atoms with E-state index in [4.69, 9.17) is 14.2 Å². The van der Waals surface area contributed by atoms with E-state index in [-0.39, 0.29) is 5.69 Å². The van der Waals surface area contributed by atoms with Crippen LogP contribution in [0, 0.1) is 10.1 Å². The fraction of sp³-hybridized carbons (Fsp3) is 0.538. The van der Waals surface area contributed by atoms with E-state index in [1.54, 1.807) is 13.1 Å². The van der Waals surface area contributed by atoms with Gasteiger partial charge >= 0.3 is 0 Å². The van der Waals surface area contributed by atoms with Crippen LogP contribution < -0.4 is 10.1 Å². The summed E-state index contributed by atoms with van der Waals surface area (Å²) in [5, 5.41) is 13.7. The zero-order chi connectivity index (χ0) is 15.5.